The molecule has 0 saturated heterocycles. The molecular formula is C12H17N3O2. The van der Waals surface area contributed by atoms with E-state index in [1.54, 1.807) is 18.9 Å². The Morgan fingerprint density at radius 2 is 2.24 bits per heavy atom. The number of nitrogens with one attached hydrogen (secondary N) is 1. The van der Waals surface area contributed by atoms with Crippen molar-refractivity contribution in [3.63, 3.8) is 0 Å². The third-order valence-corrected chi connectivity index (χ3v) is 3.08. The summed E-state index contributed by atoms with van der Waals surface area (Å²) in [5, 5.41) is 0. The number of carbonyl (C=O) groups excluding carboxylic acids is 1. The Labute approximate surface area is 101 Å². The minimum atomic E-state index is -0.427. The van der Waals surface area contributed by atoms with Gasteiger partial charge in [-0.15, -0.1) is 0 Å². The fourth-order valence-corrected chi connectivity index (χ4v) is 1.89. The number of benzene rings is 1. The molecule has 0 radical (unpaired) electrons. The Morgan fingerprint density at radius 3 is 2.88 bits per heavy atom. The number of nitrogens with two attached hydrogens (primary N) is 1. The van der Waals surface area contributed by atoms with Gasteiger partial charge >= 0.3 is 0 Å². The van der Waals surface area contributed by atoms with Crippen molar-refractivity contribution < 1.29 is 9.53 Å². The molecule has 3 N–H and O–H groups in total. The SMILES string of the molecule is CC1Oc2ccc(C(C)NN)cc2N(C)C1=O. The highest BCUT2D eigenvalue weighted by molar-refractivity contribution is 5.99. The van der Waals surface area contributed by atoms with Gasteiger partial charge in [0, 0.05) is 13.1 Å². The first-order valence-corrected chi connectivity index (χ1v) is 5.59. The molecule has 2 atom stereocenters. The van der Waals surface area contributed by atoms with Gasteiger partial charge in [-0.3, -0.25) is 16.1 Å². The normalized spacial score (nSPS) is 20.8. The van der Waals surface area contributed by atoms with E-state index >= 15 is 0 Å². The van der Waals surface area contributed by atoms with E-state index in [1.165, 1.54) is 0 Å². The van der Waals surface area contributed by atoms with Crippen LogP contribution in [0.15, 0.2) is 18.2 Å². The molecule has 1 amide bonds. The lowest BCUT2D eigenvalue weighted by Gasteiger charge is -2.31. The lowest BCUT2D eigenvalue weighted by atomic mass is 10.1. The zero-order chi connectivity index (χ0) is 12.6. The summed E-state index contributed by atoms with van der Waals surface area (Å²) in [6.45, 7) is 3.70. The Hall–Kier alpha value is -1.59. The van der Waals surface area contributed by atoms with Crippen molar-refractivity contribution in [2.24, 2.45) is 5.84 Å². The Morgan fingerprint density at radius 1 is 1.53 bits per heavy atom. The number of likely N-dealkylation sites (N-methyl/N-ethyl adjacent to an activating group) is 1. The van der Waals surface area contributed by atoms with Crippen LogP contribution in [0.1, 0.15) is 25.5 Å². The summed E-state index contributed by atoms with van der Waals surface area (Å²) < 4.78 is 5.54. The number of hydrogen-bond donors (Lipinski definition) is 2. The van der Waals surface area contributed by atoms with E-state index in [4.69, 9.17) is 10.6 Å². The summed E-state index contributed by atoms with van der Waals surface area (Å²) in [5.74, 6) is 6.09. The standard InChI is InChI=1S/C12H17N3O2/c1-7(14-13)9-4-5-11-10(6-9)15(3)12(16)8(2)17-11/h4-8,14H,13H2,1-3H3. The number of hydrazine groups is 1. The molecule has 0 bridgehead atoms. The van der Waals surface area contributed by atoms with Crippen molar-refractivity contribution in [2.45, 2.75) is 26.0 Å². The van der Waals surface area contributed by atoms with Crippen molar-refractivity contribution in [1.82, 2.24) is 5.43 Å². The Bertz CT molecular complexity index is 447. The average molecular weight is 235 g/mol. The Balaban J connectivity index is 2.42. The molecular weight excluding hydrogens is 218 g/mol. The zero-order valence-electron chi connectivity index (χ0n) is 10.2. The van der Waals surface area contributed by atoms with E-state index in [9.17, 15) is 4.79 Å². The predicted octanol–water partition coefficient (Wildman–Crippen LogP) is 0.955. The van der Waals surface area contributed by atoms with Crippen LogP contribution in [0.4, 0.5) is 5.69 Å². The number of fused-ring (bicyclic) bond motifs is 1. The molecule has 0 saturated carbocycles. The van der Waals surface area contributed by atoms with E-state index < -0.39 is 6.10 Å². The monoisotopic (exact) mass is 235 g/mol. The first-order chi connectivity index (χ1) is 8.04. The van der Waals surface area contributed by atoms with Crippen LogP contribution in [0.5, 0.6) is 5.75 Å². The van der Waals surface area contributed by atoms with Gasteiger partial charge in [0.05, 0.1) is 5.69 Å². The van der Waals surface area contributed by atoms with Crippen LogP contribution in [-0.2, 0) is 4.79 Å². The quantitative estimate of drug-likeness (QED) is 0.591. The number of amides is 1. The predicted molar refractivity (Wildman–Crippen MR) is 65.7 cm³/mol. The molecule has 5 nitrogen and oxygen atoms in total. The highest BCUT2D eigenvalue weighted by Crippen LogP contribution is 2.35. The Kier molecular flexibility index (Phi) is 3.04. The van der Waals surface area contributed by atoms with Crippen molar-refractivity contribution >= 4 is 11.6 Å². The lowest BCUT2D eigenvalue weighted by Crippen LogP contribution is -2.42. The molecule has 0 spiro atoms. The topological polar surface area (TPSA) is 67.6 Å². The number of ether oxygens (including phenoxy) is 1. The molecule has 2 rings (SSSR count). The van der Waals surface area contributed by atoms with Gasteiger partial charge in [0.25, 0.3) is 5.91 Å². The van der Waals surface area contributed by atoms with E-state index in [0.717, 1.165) is 17.0 Å². The molecule has 17 heavy (non-hydrogen) atoms. The summed E-state index contributed by atoms with van der Waals surface area (Å²) in [6.07, 6.45) is -0.427. The zero-order valence-corrected chi connectivity index (χ0v) is 10.2. The number of carbonyl (C=O) groups is 1. The average Bonchev–Trinajstić information content (AvgIpc) is 2.35. The maximum atomic E-state index is 11.8. The van der Waals surface area contributed by atoms with Gasteiger partial charge in [-0.1, -0.05) is 6.07 Å². The first kappa shape index (κ1) is 11.9. The second-order valence-electron chi connectivity index (χ2n) is 4.27. The number of hydrogen-bond acceptors (Lipinski definition) is 4. The van der Waals surface area contributed by atoms with Gasteiger partial charge in [-0.05, 0) is 31.5 Å². The third-order valence-electron chi connectivity index (χ3n) is 3.08. The molecule has 1 aliphatic rings. The number of nitrogens with zero attached hydrogens (tertiary/aromatic N) is 1. The second-order valence-corrected chi connectivity index (χ2v) is 4.27. The number of anilines is 1. The fraction of sp³-hybridized carbons (Fsp3) is 0.417. The summed E-state index contributed by atoms with van der Waals surface area (Å²) in [7, 11) is 1.75. The smallest absolute Gasteiger partial charge is 0.267 e. The largest absolute Gasteiger partial charge is 0.479 e. The molecule has 5 heteroatoms. The van der Waals surface area contributed by atoms with Crippen LogP contribution in [-0.4, -0.2) is 19.1 Å². The van der Waals surface area contributed by atoms with E-state index in [0.29, 0.717) is 0 Å². The second kappa shape index (κ2) is 4.35. The molecule has 92 valence electrons. The van der Waals surface area contributed by atoms with Gasteiger partial charge in [0.15, 0.2) is 6.10 Å². The van der Waals surface area contributed by atoms with Crippen molar-refractivity contribution in [3.8, 4) is 5.75 Å². The van der Waals surface area contributed by atoms with E-state index in [2.05, 4.69) is 5.43 Å². The lowest BCUT2D eigenvalue weighted by molar-refractivity contribution is -0.125. The van der Waals surface area contributed by atoms with E-state index in [1.807, 2.05) is 25.1 Å². The van der Waals surface area contributed by atoms with Crippen LogP contribution in [0, 0.1) is 0 Å². The van der Waals surface area contributed by atoms with Crippen LogP contribution < -0.4 is 20.9 Å². The maximum absolute atomic E-state index is 11.8. The van der Waals surface area contributed by atoms with Gasteiger partial charge in [0.2, 0.25) is 0 Å². The fourth-order valence-electron chi connectivity index (χ4n) is 1.89. The van der Waals surface area contributed by atoms with Gasteiger partial charge in [0.1, 0.15) is 5.75 Å². The van der Waals surface area contributed by atoms with Crippen LogP contribution >= 0.6 is 0 Å². The molecule has 0 fully saturated rings. The summed E-state index contributed by atoms with van der Waals surface area (Å²) >= 11 is 0. The van der Waals surface area contributed by atoms with Crippen LogP contribution in [0.3, 0.4) is 0 Å². The van der Waals surface area contributed by atoms with Crippen LogP contribution in [0.25, 0.3) is 0 Å². The van der Waals surface area contributed by atoms with Gasteiger partial charge in [-0.25, -0.2) is 0 Å². The van der Waals surface area contributed by atoms with Crippen molar-refractivity contribution in [1.29, 1.82) is 0 Å². The summed E-state index contributed by atoms with van der Waals surface area (Å²) in [4.78, 5) is 13.4. The molecule has 1 aromatic carbocycles. The van der Waals surface area contributed by atoms with Crippen molar-refractivity contribution in [3.05, 3.63) is 23.8 Å². The summed E-state index contributed by atoms with van der Waals surface area (Å²) in [5.41, 5.74) is 4.48. The maximum Gasteiger partial charge on any atom is 0.267 e. The highest BCUT2D eigenvalue weighted by Gasteiger charge is 2.29. The third kappa shape index (κ3) is 1.99. The summed E-state index contributed by atoms with van der Waals surface area (Å²) in [6, 6.07) is 5.77. The molecule has 0 aromatic heterocycles. The minimum absolute atomic E-state index is 0.0307. The van der Waals surface area contributed by atoms with Crippen LogP contribution in [0.2, 0.25) is 0 Å². The number of rotatable bonds is 2. The molecule has 0 aliphatic carbocycles. The first-order valence-electron chi connectivity index (χ1n) is 5.59. The van der Waals surface area contributed by atoms with Gasteiger partial charge < -0.3 is 9.64 Å². The van der Waals surface area contributed by atoms with Gasteiger partial charge in [-0.2, -0.15) is 0 Å². The van der Waals surface area contributed by atoms with Crippen molar-refractivity contribution in [2.75, 3.05) is 11.9 Å². The molecule has 1 aliphatic heterocycles. The molecule has 1 aromatic rings. The van der Waals surface area contributed by atoms with E-state index in [-0.39, 0.29) is 11.9 Å². The molecule has 1 heterocycles. The minimum Gasteiger partial charge on any atom is -0.479 e. The molecule has 2 unspecified atom stereocenters. The highest BCUT2D eigenvalue weighted by atomic mass is 16.5.